The van der Waals surface area contributed by atoms with Crippen LogP contribution in [-0.2, 0) is 42.9 Å². The highest BCUT2D eigenvalue weighted by Gasteiger charge is 2.51. The topological polar surface area (TPSA) is 134 Å². The van der Waals surface area contributed by atoms with Crippen molar-refractivity contribution in [3.05, 3.63) is 0 Å². The van der Waals surface area contributed by atoms with E-state index in [4.69, 9.17) is 18.9 Å². The van der Waals surface area contributed by atoms with Crippen LogP contribution in [-0.4, -0.2) is 65.3 Å². The lowest BCUT2D eigenvalue weighted by Gasteiger charge is -2.44. The van der Waals surface area contributed by atoms with Crippen LogP contribution in [0.3, 0.4) is 0 Å². The van der Waals surface area contributed by atoms with Gasteiger partial charge in [-0.1, -0.05) is 19.8 Å². The van der Waals surface area contributed by atoms with Crippen molar-refractivity contribution >= 4 is 41.5 Å². The second-order valence-corrected chi connectivity index (χ2v) is 8.50. The molecule has 1 heterocycles. The van der Waals surface area contributed by atoms with Gasteiger partial charge in [-0.3, -0.25) is 24.0 Å². The van der Waals surface area contributed by atoms with Crippen LogP contribution in [0.4, 0.5) is 0 Å². The summed E-state index contributed by atoms with van der Waals surface area (Å²) in [6, 6.07) is -0.968. The molecule has 176 valence electrons. The molecule has 5 atom stereocenters. The van der Waals surface area contributed by atoms with E-state index in [1.54, 1.807) is 0 Å². The second-order valence-electron chi connectivity index (χ2n) is 7.15. The normalized spacial score (nSPS) is 25.1. The number of rotatable bonds is 10. The summed E-state index contributed by atoms with van der Waals surface area (Å²) < 4.78 is 21.2. The summed E-state index contributed by atoms with van der Waals surface area (Å²) in [6.45, 7) is 6.63. The third-order valence-corrected chi connectivity index (χ3v) is 5.73. The molecule has 1 N–H and O–H groups in total. The molecule has 0 spiro atoms. The van der Waals surface area contributed by atoms with E-state index in [9.17, 15) is 24.0 Å². The van der Waals surface area contributed by atoms with Crippen molar-refractivity contribution in [1.29, 1.82) is 0 Å². The van der Waals surface area contributed by atoms with Gasteiger partial charge in [0.25, 0.3) is 0 Å². The van der Waals surface area contributed by atoms with Crippen LogP contribution in [0.25, 0.3) is 0 Å². The molecular weight excluding hydrogens is 430 g/mol. The standard InChI is InChI=1S/C20H31NO9S/c1-6-7-8-9-16(26)21-17-19(29-13(4)24)18(28-12(3)23)15(10-27-11(2)22)31-20(17)30-14(5)25/h15,17-20H,6-10H2,1-5H3,(H,21,26). The van der Waals surface area contributed by atoms with Crippen molar-refractivity contribution in [3.8, 4) is 0 Å². The van der Waals surface area contributed by atoms with E-state index in [-0.39, 0.29) is 18.9 Å². The van der Waals surface area contributed by atoms with E-state index < -0.39 is 52.8 Å². The van der Waals surface area contributed by atoms with Crippen LogP contribution in [0.15, 0.2) is 0 Å². The maximum Gasteiger partial charge on any atom is 0.303 e. The molecular formula is C20H31NO9S. The number of carbonyl (C=O) groups excluding carboxylic acids is 5. The van der Waals surface area contributed by atoms with Gasteiger partial charge >= 0.3 is 23.9 Å². The van der Waals surface area contributed by atoms with Gasteiger partial charge in [0.05, 0.1) is 5.25 Å². The Bertz CT molecular complexity index is 669. The van der Waals surface area contributed by atoms with E-state index in [2.05, 4.69) is 5.32 Å². The largest absolute Gasteiger partial charge is 0.465 e. The molecule has 1 fully saturated rings. The molecule has 1 rings (SSSR count). The zero-order valence-electron chi connectivity index (χ0n) is 18.5. The summed E-state index contributed by atoms with van der Waals surface area (Å²) in [6.07, 6.45) is 0.519. The summed E-state index contributed by atoms with van der Waals surface area (Å²) >= 11 is 1.06. The Hall–Kier alpha value is -2.30. The van der Waals surface area contributed by atoms with Crippen LogP contribution < -0.4 is 5.32 Å². The van der Waals surface area contributed by atoms with Gasteiger partial charge in [-0.2, -0.15) is 0 Å². The van der Waals surface area contributed by atoms with E-state index in [1.165, 1.54) is 27.7 Å². The summed E-state index contributed by atoms with van der Waals surface area (Å²) in [7, 11) is 0. The highest BCUT2D eigenvalue weighted by atomic mass is 32.2. The molecule has 1 aliphatic rings. The Morgan fingerprint density at radius 1 is 0.806 bits per heavy atom. The van der Waals surface area contributed by atoms with Gasteiger partial charge in [0.1, 0.15) is 12.6 Å². The molecule has 0 aromatic rings. The van der Waals surface area contributed by atoms with Crippen LogP contribution in [0.2, 0.25) is 0 Å². The van der Waals surface area contributed by atoms with Gasteiger partial charge in [-0.15, -0.1) is 11.8 Å². The van der Waals surface area contributed by atoms with Gasteiger partial charge in [0.15, 0.2) is 17.6 Å². The van der Waals surface area contributed by atoms with Crippen molar-refractivity contribution < 1.29 is 42.9 Å². The first-order chi connectivity index (χ1) is 14.5. The quantitative estimate of drug-likeness (QED) is 0.289. The summed E-state index contributed by atoms with van der Waals surface area (Å²) in [5, 5.41) is 2.06. The molecule has 0 aromatic carbocycles. The minimum Gasteiger partial charge on any atom is -0.465 e. The molecule has 10 nitrogen and oxygen atoms in total. The Kier molecular flexibility index (Phi) is 11.4. The number of unbranched alkanes of at least 4 members (excludes halogenated alkanes) is 2. The average molecular weight is 462 g/mol. The third kappa shape index (κ3) is 9.58. The fourth-order valence-electron chi connectivity index (χ4n) is 3.11. The fraction of sp³-hybridized carbons (Fsp3) is 0.750. The number of amides is 1. The molecule has 11 heteroatoms. The Labute approximate surface area is 186 Å². The lowest BCUT2D eigenvalue weighted by atomic mass is 10.0. The minimum absolute atomic E-state index is 0.176. The Morgan fingerprint density at radius 2 is 1.39 bits per heavy atom. The lowest BCUT2D eigenvalue weighted by Crippen LogP contribution is -2.63. The summed E-state index contributed by atoms with van der Waals surface area (Å²) in [4.78, 5) is 59.0. The van der Waals surface area contributed by atoms with E-state index in [1.807, 2.05) is 6.92 Å². The number of esters is 4. The lowest BCUT2D eigenvalue weighted by molar-refractivity contribution is -0.175. The van der Waals surface area contributed by atoms with Crippen LogP contribution >= 0.6 is 11.8 Å². The van der Waals surface area contributed by atoms with Crippen molar-refractivity contribution in [2.24, 2.45) is 0 Å². The molecule has 31 heavy (non-hydrogen) atoms. The van der Waals surface area contributed by atoms with Gasteiger partial charge in [0.2, 0.25) is 5.91 Å². The van der Waals surface area contributed by atoms with Crippen LogP contribution in [0.5, 0.6) is 0 Å². The highest BCUT2D eigenvalue weighted by Crippen LogP contribution is 2.37. The molecule has 1 amide bonds. The predicted molar refractivity (Wildman–Crippen MR) is 111 cm³/mol. The van der Waals surface area contributed by atoms with Crippen molar-refractivity contribution in [1.82, 2.24) is 5.32 Å². The third-order valence-electron chi connectivity index (χ3n) is 4.32. The van der Waals surface area contributed by atoms with Crippen molar-refractivity contribution in [3.63, 3.8) is 0 Å². The number of thioether (sulfide) groups is 1. The van der Waals surface area contributed by atoms with Crippen LogP contribution in [0, 0.1) is 0 Å². The average Bonchev–Trinajstić information content (AvgIpc) is 2.64. The number of nitrogens with one attached hydrogen (secondary N) is 1. The zero-order valence-corrected chi connectivity index (χ0v) is 19.3. The van der Waals surface area contributed by atoms with Crippen molar-refractivity contribution in [2.45, 2.75) is 89.2 Å². The maximum absolute atomic E-state index is 12.5. The van der Waals surface area contributed by atoms with Gasteiger partial charge in [-0.05, 0) is 6.42 Å². The molecule has 0 radical (unpaired) electrons. The summed E-state index contributed by atoms with van der Waals surface area (Å²) in [5.74, 6) is -2.79. The second kappa shape index (κ2) is 13.2. The Balaban J connectivity index is 3.24. The highest BCUT2D eigenvalue weighted by molar-refractivity contribution is 8.00. The van der Waals surface area contributed by atoms with E-state index >= 15 is 0 Å². The van der Waals surface area contributed by atoms with Crippen molar-refractivity contribution in [2.75, 3.05) is 6.61 Å². The minimum atomic E-state index is -1.15. The predicted octanol–water partition coefficient (Wildman–Crippen LogP) is 1.48. The van der Waals surface area contributed by atoms with Gasteiger partial charge in [-0.25, -0.2) is 0 Å². The monoisotopic (exact) mass is 461 g/mol. The molecule has 0 aliphatic carbocycles. The Morgan fingerprint density at radius 3 is 1.90 bits per heavy atom. The molecule has 5 unspecified atom stereocenters. The smallest absolute Gasteiger partial charge is 0.303 e. The number of ether oxygens (including phenoxy) is 4. The fourth-order valence-corrected chi connectivity index (χ4v) is 4.55. The van der Waals surface area contributed by atoms with E-state index in [0.29, 0.717) is 6.42 Å². The first-order valence-electron chi connectivity index (χ1n) is 10.1. The van der Waals surface area contributed by atoms with E-state index in [0.717, 1.165) is 24.6 Å². The molecule has 1 aliphatic heterocycles. The molecule has 1 saturated heterocycles. The van der Waals surface area contributed by atoms with Gasteiger partial charge < -0.3 is 24.3 Å². The number of hydrogen-bond donors (Lipinski definition) is 1. The van der Waals surface area contributed by atoms with Crippen LogP contribution in [0.1, 0.15) is 60.3 Å². The zero-order chi connectivity index (χ0) is 23.6. The first kappa shape index (κ1) is 26.7. The molecule has 0 aromatic heterocycles. The van der Waals surface area contributed by atoms with Gasteiger partial charge in [0, 0.05) is 34.1 Å². The number of hydrogen-bond acceptors (Lipinski definition) is 10. The SMILES string of the molecule is CCCCCC(=O)NC1C(OC(C)=O)SC(COC(C)=O)C(OC(C)=O)C1OC(C)=O. The maximum atomic E-state index is 12.5. The summed E-state index contributed by atoms with van der Waals surface area (Å²) in [5.41, 5.74) is -0.954. The molecule has 0 saturated carbocycles. The first-order valence-corrected chi connectivity index (χ1v) is 11.1. The molecule has 0 bridgehead atoms. The number of carbonyl (C=O) groups is 5.